The molecule has 3 aromatic rings. The number of nitrogens with one attached hydrogen (secondary N) is 2. The van der Waals surface area contributed by atoms with Gasteiger partial charge in [-0.25, -0.2) is 5.43 Å². The first kappa shape index (κ1) is 27.8. The normalized spacial score (nSPS) is 10.6. The SMILES string of the molecule is CCOc1cc(/C=N/NC(=O)C(=O)Nc2cc(OC)ccc2OC)cc(Br)c1OCc1ccc(Cl)cc1. The van der Waals surface area contributed by atoms with Gasteiger partial charge in [0.2, 0.25) is 0 Å². The first-order chi connectivity index (χ1) is 17.8. The van der Waals surface area contributed by atoms with Gasteiger partial charge in [-0.2, -0.15) is 5.10 Å². The van der Waals surface area contributed by atoms with Gasteiger partial charge in [-0.15, -0.1) is 0 Å². The van der Waals surface area contributed by atoms with Gasteiger partial charge in [0.1, 0.15) is 18.1 Å². The predicted octanol–water partition coefficient (Wildman–Crippen LogP) is 5.19. The van der Waals surface area contributed by atoms with Crippen molar-refractivity contribution in [2.75, 3.05) is 26.1 Å². The lowest BCUT2D eigenvalue weighted by molar-refractivity contribution is -0.136. The maximum absolute atomic E-state index is 12.3. The molecule has 0 aliphatic heterocycles. The topological polar surface area (TPSA) is 107 Å². The summed E-state index contributed by atoms with van der Waals surface area (Å²) in [6.45, 7) is 2.58. The molecule has 3 aromatic carbocycles. The molecule has 0 aliphatic rings. The highest BCUT2D eigenvalue weighted by atomic mass is 79.9. The minimum absolute atomic E-state index is 0.283. The predicted molar refractivity (Wildman–Crippen MR) is 145 cm³/mol. The molecular weight excluding hydrogens is 566 g/mol. The highest BCUT2D eigenvalue weighted by Crippen LogP contribution is 2.37. The number of hydrogen-bond acceptors (Lipinski definition) is 7. The summed E-state index contributed by atoms with van der Waals surface area (Å²) in [5.41, 5.74) is 4.03. The maximum Gasteiger partial charge on any atom is 0.329 e. The molecule has 3 rings (SSSR count). The molecule has 2 N–H and O–H groups in total. The number of rotatable bonds is 10. The summed E-state index contributed by atoms with van der Waals surface area (Å²) in [4.78, 5) is 24.6. The van der Waals surface area contributed by atoms with E-state index < -0.39 is 11.8 Å². The zero-order valence-corrected chi connectivity index (χ0v) is 22.7. The van der Waals surface area contributed by atoms with Crippen molar-refractivity contribution in [1.82, 2.24) is 5.43 Å². The number of hydrogen-bond donors (Lipinski definition) is 2. The van der Waals surface area contributed by atoms with Crippen molar-refractivity contribution >= 4 is 51.2 Å². The quantitative estimate of drug-likeness (QED) is 0.191. The van der Waals surface area contributed by atoms with Crippen LogP contribution in [-0.4, -0.2) is 38.9 Å². The van der Waals surface area contributed by atoms with Crippen LogP contribution in [0.2, 0.25) is 5.02 Å². The van der Waals surface area contributed by atoms with Gasteiger partial charge >= 0.3 is 11.8 Å². The first-order valence-electron chi connectivity index (χ1n) is 11.0. The van der Waals surface area contributed by atoms with Crippen LogP contribution in [0, 0.1) is 0 Å². The molecule has 2 amide bonds. The Labute approximate surface area is 227 Å². The van der Waals surface area contributed by atoms with Gasteiger partial charge in [-0.05, 0) is 70.4 Å². The second-order valence-electron chi connectivity index (χ2n) is 7.40. The number of halogens is 2. The summed E-state index contributed by atoms with van der Waals surface area (Å²) in [6, 6.07) is 15.6. The molecule has 0 atom stereocenters. The number of anilines is 1. The highest BCUT2D eigenvalue weighted by Gasteiger charge is 2.16. The number of benzene rings is 3. The summed E-state index contributed by atoms with van der Waals surface area (Å²) in [5, 5.41) is 7.01. The van der Waals surface area contributed by atoms with Crippen LogP contribution in [-0.2, 0) is 16.2 Å². The van der Waals surface area contributed by atoms with Crippen molar-refractivity contribution in [3.05, 3.63) is 75.2 Å². The van der Waals surface area contributed by atoms with Crippen LogP contribution in [0.3, 0.4) is 0 Å². The van der Waals surface area contributed by atoms with Crippen molar-refractivity contribution < 1.29 is 28.5 Å². The van der Waals surface area contributed by atoms with E-state index in [1.54, 1.807) is 36.4 Å². The van der Waals surface area contributed by atoms with Gasteiger partial charge in [-0.3, -0.25) is 9.59 Å². The van der Waals surface area contributed by atoms with Crippen molar-refractivity contribution in [3.8, 4) is 23.0 Å². The molecule has 9 nitrogen and oxygen atoms in total. The maximum atomic E-state index is 12.3. The Kier molecular flexibility index (Phi) is 10.2. The third-order valence-electron chi connectivity index (χ3n) is 4.87. The molecule has 0 fully saturated rings. The number of ether oxygens (including phenoxy) is 4. The van der Waals surface area contributed by atoms with Crippen molar-refractivity contribution in [1.29, 1.82) is 0 Å². The average molecular weight is 591 g/mol. The molecule has 0 unspecified atom stereocenters. The zero-order chi connectivity index (χ0) is 26.8. The smallest absolute Gasteiger partial charge is 0.329 e. The molecule has 0 aromatic heterocycles. The molecule has 0 saturated carbocycles. The molecule has 0 bridgehead atoms. The van der Waals surface area contributed by atoms with Crippen molar-refractivity contribution in [2.45, 2.75) is 13.5 Å². The number of methoxy groups -OCH3 is 2. The Morgan fingerprint density at radius 2 is 1.73 bits per heavy atom. The highest BCUT2D eigenvalue weighted by molar-refractivity contribution is 9.10. The number of hydrazone groups is 1. The fraction of sp³-hybridized carbons (Fsp3) is 0.192. The molecule has 11 heteroatoms. The van der Waals surface area contributed by atoms with E-state index in [1.807, 2.05) is 19.1 Å². The van der Waals surface area contributed by atoms with Crippen molar-refractivity contribution in [3.63, 3.8) is 0 Å². The van der Waals surface area contributed by atoms with E-state index >= 15 is 0 Å². The van der Waals surface area contributed by atoms with Gasteiger partial charge in [0.25, 0.3) is 0 Å². The Morgan fingerprint density at radius 3 is 2.41 bits per heavy atom. The third kappa shape index (κ3) is 7.86. The second kappa shape index (κ2) is 13.5. The summed E-state index contributed by atoms with van der Waals surface area (Å²) < 4.78 is 22.7. The lowest BCUT2D eigenvalue weighted by Gasteiger charge is -2.14. The lowest BCUT2D eigenvalue weighted by Crippen LogP contribution is -2.32. The van der Waals surface area contributed by atoms with Crippen LogP contribution in [0.1, 0.15) is 18.1 Å². The van der Waals surface area contributed by atoms with E-state index in [4.69, 9.17) is 30.5 Å². The fourth-order valence-electron chi connectivity index (χ4n) is 3.11. The number of amides is 2. The van der Waals surface area contributed by atoms with Gasteiger partial charge in [0, 0.05) is 11.1 Å². The van der Waals surface area contributed by atoms with Crippen LogP contribution in [0.25, 0.3) is 0 Å². The summed E-state index contributed by atoms with van der Waals surface area (Å²) >= 11 is 9.44. The van der Waals surface area contributed by atoms with E-state index in [1.165, 1.54) is 26.5 Å². The summed E-state index contributed by atoms with van der Waals surface area (Å²) in [6.07, 6.45) is 1.38. The van der Waals surface area contributed by atoms with Gasteiger partial charge in [0.05, 0.1) is 37.2 Å². The second-order valence-corrected chi connectivity index (χ2v) is 8.69. The van der Waals surface area contributed by atoms with Crippen LogP contribution >= 0.6 is 27.5 Å². The molecule has 37 heavy (non-hydrogen) atoms. The summed E-state index contributed by atoms with van der Waals surface area (Å²) in [7, 11) is 2.94. The molecular formula is C26H25BrClN3O6. The monoisotopic (exact) mass is 589 g/mol. The lowest BCUT2D eigenvalue weighted by atomic mass is 10.2. The van der Waals surface area contributed by atoms with E-state index in [2.05, 4.69) is 31.8 Å². The van der Waals surface area contributed by atoms with Gasteiger partial charge < -0.3 is 24.3 Å². The fourth-order valence-corrected chi connectivity index (χ4v) is 3.81. The molecule has 0 heterocycles. The van der Waals surface area contributed by atoms with Crippen LogP contribution in [0.5, 0.6) is 23.0 Å². The Bertz CT molecular complexity index is 1280. The van der Waals surface area contributed by atoms with Crippen LogP contribution in [0.15, 0.2) is 64.2 Å². The van der Waals surface area contributed by atoms with Gasteiger partial charge in [0.15, 0.2) is 11.5 Å². The molecule has 0 spiro atoms. The van der Waals surface area contributed by atoms with E-state index in [-0.39, 0.29) is 5.69 Å². The minimum atomic E-state index is -0.965. The number of carbonyl (C=O) groups is 2. The standard InChI is InChI=1S/C26H25BrClN3O6/c1-4-36-23-12-17(11-20(27)24(23)37-15-16-5-7-18(28)8-6-16)14-29-31-26(33)25(32)30-21-13-19(34-2)9-10-22(21)35-3/h5-14H,4,15H2,1-3H3,(H,30,32)(H,31,33)/b29-14+. The third-order valence-corrected chi connectivity index (χ3v) is 5.71. The molecule has 0 radical (unpaired) electrons. The molecule has 0 saturated heterocycles. The number of carbonyl (C=O) groups excluding carboxylic acids is 2. The van der Waals surface area contributed by atoms with Crippen LogP contribution in [0.4, 0.5) is 5.69 Å². The first-order valence-corrected chi connectivity index (χ1v) is 12.2. The zero-order valence-electron chi connectivity index (χ0n) is 20.3. The number of nitrogens with zero attached hydrogens (tertiary/aromatic N) is 1. The largest absolute Gasteiger partial charge is 0.497 e. The van der Waals surface area contributed by atoms with Crippen molar-refractivity contribution in [2.24, 2.45) is 5.10 Å². The Balaban J connectivity index is 1.66. The molecule has 194 valence electrons. The average Bonchev–Trinajstić information content (AvgIpc) is 2.89. The van der Waals surface area contributed by atoms with E-state index in [0.717, 1.165) is 5.56 Å². The van der Waals surface area contributed by atoms with Gasteiger partial charge in [-0.1, -0.05) is 23.7 Å². The molecule has 0 aliphatic carbocycles. The summed E-state index contributed by atoms with van der Waals surface area (Å²) in [5.74, 6) is -0.0204. The van der Waals surface area contributed by atoms with Crippen LogP contribution < -0.4 is 29.7 Å². The minimum Gasteiger partial charge on any atom is -0.497 e. The Hall–Kier alpha value is -3.76. The van der Waals surface area contributed by atoms with E-state index in [0.29, 0.717) is 51.3 Å². The van der Waals surface area contributed by atoms with E-state index in [9.17, 15) is 9.59 Å². The Morgan fingerprint density at radius 1 is 0.973 bits per heavy atom.